The first-order valence-corrected chi connectivity index (χ1v) is 11.0. The first kappa shape index (κ1) is 24.2. The molecule has 1 aromatic heterocycles. The van der Waals surface area contributed by atoms with E-state index < -0.39 is 7.81 Å². The Morgan fingerprint density at radius 3 is 1.73 bits per heavy atom. The zero-order chi connectivity index (χ0) is 22.8. The molecule has 1 heterocycles. The Hall–Kier alpha value is -2.10. The number of nitrogens with one attached hydrogen (secondary N) is 1. The molecule has 0 radical (unpaired) electrons. The second kappa shape index (κ2) is 7.86. The fourth-order valence-corrected chi connectivity index (χ4v) is 2.32. The van der Waals surface area contributed by atoms with Crippen LogP contribution in [0.4, 0.5) is 31.1 Å². The molecule has 0 amide bonds. The number of hydrogen-bond donors (Lipinski definition) is 1. The molecule has 3 rings (SSSR count). The van der Waals surface area contributed by atoms with E-state index in [0.29, 0.717) is 16.0 Å². The van der Waals surface area contributed by atoms with Crippen molar-refractivity contribution in [2.75, 3.05) is 5.32 Å². The normalized spacial score (nSPS) is 13.8. The van der Waals surface area contributed by atoms with Gasteiger partial charge in [-0.2, -0.15) is 0 Å². The van der Waals surface area contributed by atoms with Crippen molar-refractivity contribution in [1.82, 2.24) is 15.1 Å². The molecule has 0 aliphatic rings. The molecule has 0 aliphatic heterocycles. The summed E-state index contributed by atoms with van der Waals surface area (Å²) in [6.45, 7) is 4.10. The van der Waals surface area contributed by atoms with Gasteiger partial charge in [0.15, 0.2) is 0 Å². The second-order valence-corrected chi connectivity index (χ2v) is 9.11. The van der Waals surface area contributed by atoms with Gasteiger partial charge < -0.3 is 0 Å². The zero-order valence-electron chi connectivity index (χ0n) is 15.5. The zero-order valence-corrected chi connectivity index (χ0v) is 17.9. The Balaban J connectivity index is 0.000000396. The topological polar surface area (TPSA) is 46.6 Å². The fourth-order valence-electron chi connectivity index (χ4n) is 2.07. The van der Waals surface area contributed by atoms with Crippen molar-refractivity contribution in [1.29, 1.82) is 0 Å². The van der Waals surface area contributed by atoms with E-state index in [2.05, 4.69) is 15.6 Å². The Kier molecular flexibility index (Phi) is 6.34. The van der Waals surface area contributed by atoms with Gasteiger partial charge in [-0.3, -0.25) is 5.32 Å². The number of anilines is 1. The predicted octanol–water partition coefficient (Wildman–Crippen LogP) is 7.05. The number of hydrogen-bond acceptors (Lipinski definition) is 3. The second-order valence-electron chi connectivity index (χ2n) is 6.32. The molecule has 0 saturated carbocycles. The predicted molar refractivity (Wildman–Crippen MR) is 105 cm³/mol. The van der Waals surface area contributed by atoms with Crippen molar-refractivity contribution < 1.29 is 29.9 Å². The van der Waals surface area contributed by atoms with Gasteiger partial charge in [0, 0.05) is 15.3 Å². The minimum atomic E-state index is -10.7. The van der Waals surface area contributed by atoms with Crippen molar-refractivity contribution in [3.05, 3.63) is 58.6 Å². The third-order valence-corrected chi connectivity index (χ3v) is 3.61. The number of rotatable bonds is 4. The minimum absolute atomic E-state index is 0.226. The van der Waals surface area contributed by atoms with Crippen LogP contribution in [0.2, 0.25) is 10.0 Å². The fraction of sp³-hybridized carbons (Fsp3) is 0.188. The van der Waals surface area contributed by atoms with Gasteiger partial charge in [0.1, 0.15) is 11.4 Å². The van der Waals surface area contributed by atoms with Crippen LogP contribution in [0, 0.1) is 0 Å². The van der Waals surface area contributed by atoms with Crippen molar-refractivity contribution in [3.8, 4) is 11.4 Å². The van der Waals surface area contributed by atoms with E-state index in [9.17, 15) is 25.2 Å². The van der Waals surface area contributed by atoms with Gasteiger partial charge in [0.2, 0.25) is 0 Å². The van der Waals surface area contributed by atoms with Crippen LogP contribution in [0.1, 0.15) is 13.8 Å². The summed E-state index contributed by atoms with van der Waals surface area (Å²) in [6.07, 6.45) is 0. The molecular formula is C16H16Cl2F6N5P. The summed E-state index contributed by atoms with van der Waals surface area (Å²) in [6, 6.07) is 15.0. The van der Waals surface area contributed by atoms with Crippen LogP contribution < -0.4 is 10.00 Å². The Morgan fingerprint density at radius 2 is 1.30 bits per heavy atom. The van der Waals surface area contributed by atoms with Gasteiger partial charge in [-0.1, -0.05) is 27.9 Å². The number of tetrazole rings is 1. The van der Waals surface area contributed by atoms with Crippen LogP contribution in [-0.4, -0.2) is 21.2 Å². The van der Waals surface area contributed by atoms with E-state index in [-0.39, 0.29) is 6.04 Å². The molecule has 3 aromatic rings. The average molecular weight is 494 g/mol. The summed E-state index contributed by atoms with van der Waals surface area (Å²) in [5, 5.41) is 13.7. The van der Waals surface area contributed by atoms with Gasteiger partial charge in [-0.25, -0.2) is 0 Å². The van der Waals surface area contributed by atoms with Crippen molar-refractivity contribution >= 4 is 37.0 Å². The summed E-state index contributed by atoms with van der Waals surface area (Å²) in [5.74, 6) is 0.650. The molecular weight excluding hydrogens is 478 g/mol. The maximum absolute atomic E-state index is 10.7. The van der Waals surface area contributed by atoms with Gasteiger partial charge in [-0.15, -0.1) is 0 Å². The van der Waals surface area contributed by atoms with Crippen LogP contribution in [0.3, 0.4) is 0 Å². The van der Waals surface area contributed by atoms with Crippen LogP contribution in [0.15, 0.2) is 48.5 Å². The van der Waals surface area contributed by atoms with Crippen LogP contribution in [0.25, 0.3) is 11.4 Å². The molecule has 1 N–H and O–H groups in total. The molecule has 0 aliphatic carbocycles. The van der Waals surface area contributed by atoms with E-state index in [4.69, 9.17) is 23.2 Å². The molecule has 0 bridgehead atoms. The Labute approximate surface area is 177 Å². The Bertz CT molecular complexity index is 995. The van der Waals surface area contributed by atoms with Gasteiger partial charge in [-0.05, 0) is 67.2 Å². The van der Waals surface area contributed by atoms with Crippen LogP contribution in [-0.2, 0) is 0 Å². The summed E-state index contributed by atoms with van der Waals surface area (Å²) < 4.78 is 60.9. The summed E-state index contributed by atoms with van der Waals surface area (Å²) in [4.78, 5) is 1.57. The summed E-state index contributed by atoms with van der Waals surface area (Å²) in [5.41, 5.74) is 1.70. The molecule has 0 spiro atoms. The molecule has 0 saturated heterocycles. The number of nitrogens with zero attached hydrogens (tertiary/aromatic N) is 4. The van der Waals surface area contributed by atoms with E-state index in [1.165, 1.54) is 0 Å². The third kappa shape index (κ3) is 9.15. The van der Waals surface area contributed by atoms with Gasteiger partial charge >= 0.3 is 38.9 Å². The quantitative estimate of drug-likeness (QED) is 0.240. The standard InChI is InChI=1S/C16H16Cl2N5.F6P/c1-11(2)19-16-20-23(15-9-5-13(18)6-10-15)21-22(16)14-7-3-12(17)4-8-14;1-7(2,3,4,5)6/h3-11H,1-2H3,(H,19,20,21);/q+1;-1. The van der Waals surface area contributed by atoms with Gasteiger partial charge in [0.25, 0.3) is 0 Å². The average Bonchev–Trinajstić information content (AvgIpc) is 2.96. The van der Waals surface area contributed by atoms with E-state index in [0.717, 1.165) is 11.4 Å². The molecule has 2 aromatic carbocycles. The summed E-state index contributed by atoms with van der Waals surface area (Å²) in [7, 11) is -10.7. The molecule has 0 fully saturated rings. The monoisotopic (exact) mass is 493 g/mol. The van der Waals surface area contributed by atoms with Crippen LogP contribution in [0.5, 0.6) is 0 Å². The summed E-state index contributed by atoms with van der Waals surface area (Å²) >= 11 is 11.9. The van der Waals surface area contributed by atoms with Crippen molar-refractivity contribution in [2.24, 2.45) is 0 Å². The number of halogens is 8. The van der Waals surface area contributed by atoms with E-state index in [1.54, 1.807) is 9.48 Å². The molecule has 166 valence electrons. The molecule has 0 unspecified atom stereocenters. The maximum atomic E-state index is 9.87. The van der Waals surface area contributed by atoms with Crippen LogP contribution >= 0.6 is 31.0 Å². The van der Waals surface area contributed by atoms with E-state index in [1.807, 2.05) is 62.4 Å². The SMILES string of the molecule is CC(C)Nc1nn(-c2ccc(Cl)cc2)n[n+]1-c1ccc(Cl)cc1.F[P-](F)(F)(F)(F)F. The molecule has 30 heavy (non-hydrogen) atoms. The third-order valence-electron chi connectivity index (χ3n) is 3.11. The molecule has 0 atom stereocenters. The molecule has 5 nitrogen and oxygen atoms in total. The number of aromatic nitrogens is 4. The van der Waals surface area contributed by atoms with Crippen molar-refractivity contribution in [2.45, 2.75) is 19.9 Å². The van der Waals surface area contributed by atoms with E-state index >= 15 is 0 Å². The molecule has 14 heteroatoms. The number of benzene rings is 2. The Morgan fingerprint density at radius 1 is 0.867 bits per heavy atom. The van der Waals surface area contributed by atoms with Gasteiger partial charge in [0.05, 0.1) is 11.1 Å². The first-order valence-electron chi connectivity index (χ1n) is 8.22. The first-order chi connectivity index (χ1) is 13.5. The van der Waals surface area contributed by atoms with Crippen molar-refractivity contribution in [3.63, 3.8) is 0 Å².